The van der Waals surface area contributed by atoms with Crippen LogP contribution in [0.2, 0.25) is 0 Å². The Hall–Kier alpha value is -3.37. The molecule has 0 fully saturated rings. The number of amides is 1. The van der Waals surface area contributed by atoms with Gasteiger partial charge in [-0.3, -0.25) is 9.59 Å². The second-order valence-corrected chi connectivity index (χ2v) is 7.77. The Balaban J connectivity index is 1.44. The molecular formula is C21H21N5O4S. The summed E-state index contributed by atoms with van der Waals surface area (Å²) in [5, 5.41) is 6.42. The minimum atomic E-state index is -0.230. The van der Waals surface area contributed by atoms with Crippen molar-refractivity contribution in [2.75, 3.05) is 20.3 Å². The first-order valence-corrected chi connectivity index (χ1v) is 10.6. The number of para-hydroxylation sites is 1. The van der Waals surface area contributed by atoms with E-state index >= 15 is 0 Å². The van der Waals surface area contributed by atoms with Gasteiger partial charge in [0.1, 0.15) is 5.82 Å². The van der Waals surface area contributed by atoms with Crippen LogP contribution in [0, 0.1) is 0 Å². The minimum absolute atomic E-state index is 0.122. The number of benzene rings is 1. The third kappa shape index (κ3) is 5.04. The number of ether oxygens (including phenoxy) is 1. The molecule has 0 radical (unpaired) electrons. The first-order chi connectivity index (χ1) is 15.1. The largest absolute Gasteiger partial charge is 0.383 e. The third-order valence-corrected chi connectivity index (χ3v) is 5.55. The van der Waals surface area contributed by atoms with Gasteiger partial charge in [-0.2, -0.15) is 4.98 Å². The maximum atomic E-state index is 12.9. The van der Waals surface area contributed by atoms with Crippen LogP contribution >= 0.6 is 11.3 Å². The van der Waals surface area contributed by atoms with Gasteiger partial charge in [0.15, 0.2) is 0 Å². The van der Waals surface area contributed by atoms with Gasteiger partial charge in [0.2, 0.25) is 17.6 Å². The molecular weight excluding hydrogens is 418 g/mol. The number of aryl methyl sites for hydroxylation is 1. The van der Waals surface area contributed by atoms with Gasteiger partial charge in [-0.25, -0.2) is 4.98 Å². The van der Waals surface area contributed by atoms with Gasteiger partial charge < -0.3 is 19.1 Å². The van der Waals surface area contributed by atoms with Crippen LogP contribution in [0.1, 0.15) is 18.1 Å². The van der Waals surface area contributed by atoms with E-state index in [9.17, 15) is 9.59 Å². The van der Waals surface area contributed by atoms with Crippen LogP contribution in [-0.4, -0.2) is 51.2 Å². The monoisotopic (exact) mass is 439 g/mol. The Morgan fingerprint density at radius 1 is 1.23 bits per heavy atom. The van der Waals surface area contributed by atoms with Crippen LogP contribution < -0.4 is 5.56 Å². The zero-order chi connectivity index (χ0) is 21.6. The molecule has 9 nitrogen and oxygen atoms in total. The fourth-order valence-electron chi connectivity index (χ4n) is 3.12. The molecule has 160 valence electrons. The number of methoxy groups -OCH3 is 1. The fourth-order valence-corrected chi connectivity index (χ4v) is 3.77. The molecule has 0 saturated heterocycles. The molecule has 0 spiro atoms. The topological polar surface area (TPSA) is 114 Å². The van der Waals surface area contributed by atoms with Crippen LogP contribution in [0.15, 0.2) is 51.1 Å². The highest BCUT2D eigenvalue weighted by molar-refractivity contribution is 7.13. The zero-order valence-corrected chi connectivity index (χ0v) is 17.7. The van der Waals surface area contributed by atoms with Crippen LogP contribution in [-0.2, 0) is 22.5 Å². The van der Waals surface area contributed by atoms with Gasteiger partial charge in [-0.15, -0.1) is 11.3 Å². The molecule has 0 saturated carbocycles. The molecule has 0 aliphatic carbocycles. The first kappa shape index (κ1) is 20.9. The molecule has 1 amide bonds. The summed E-state index contributed by atoms with van der Waals surface area (Å²) < 4.78 is 10.4. The number of thiophene rings is 1. The highest BCUT2D eigenvalue weighted by atomic mass is 32.1. The molecule has 0 atom stereocenters. The maximum absolute atomic E-state index is 12.9. The molecule has 4 rings (SSSR count). The van der Waals surface area contributed by atoms with Gasteiger partial charge in [0.25, 0.3) is 5.56 Å². The second kappa shape index (κ2) is 9.63. The van der Waals surface area contributed by atoms with Crippen molar-refractivity contribution in [2.45, 2.75) is 19.4 Å². The predicted molar refractivity (Wildman–Crippen MR) is 116 cm³/mol. The van der Waals surface area contributed by atoms with E-state index in [1.807, 2.05) is 23.6 Å². The lowest BCUT2D eigenvalue weighted by molar-refractivity contribution is -0.132. The molecule has 3 heterocycles. The lowest BCUT2D eigenvalue weighted by Crippen LogP contribution is -2.34. The quantitative estimate of drug-likeness (QED) is 0.426. The average Bonchev–Trinajstić information content (AvgIpc) is 3.47. The van der Waals surface area contributed by atoms with Crippen molar-refractivity contribution in [2.24, 2.45) is 0 Å². The Kier molecular flexibility index (Phi) is 6.48. The summed E-state index contributed by atoms with van der Waals surface area (Å²) in [4.78, 5) is 39.3. The van der Waals surface area contributed by atoms with Gasteiger partial charge in [0.05, 0.1) is 28.9 Å². The zero-order valence-electron chi connectivity index (χ0n) is 16.9. The molecule has 10 heteroatoms. The SMILES string of the molecule is COCCN(Cc1nc2ccccc2c(=O)[nH]1)C(=O)CCc1nc(-c2cccs2)no1. The van der Waals surface area contributed by atoms with Gasteiger partial charge >= 0.3 is 0 Å². The van der Waals surface area contributed by atoms with Crippen LogP contribution in [0.5, 0.6) is 0 Å². The number of hydrogen-bond donors (Lipinski definition) is 1. The van der Waals surface area contributed by atoms with E-state index < -0.39 is 0 Å². The molecule has 1 aromatic carbocycles. The number of aromatic amines is 1. The number of fused-ring (bicyclic) bond motifs is 1. The lowest BCUT2D eigenvalue weighted by atomic mass is 10.2. The van der Waals surface area contributed by atoms with Crippen molar-refractivity contribution in [3.8, 4) is 10.7 Å². The Labute approximate surface area is 181 Å². The summed E-state index contributed by atoms with van der Waals surface area (Å²) in [5.74, 6) is 1.22. The van der Waals surface area contributed by atoms with Crippen molar-refractivity contribution >= 4 is 28.1 Å². The second-order valence-electron chi connectivity index (χ2n) is 6.83. The van der Waals surface area contributed by atoms with E-state index in [0.29, 0.717) is 48.0 Å². The van der Waals surface area contributed by atoms with Crippen LogP contribution in [0.3, 0.4) is 0 Å². The summed E-state index contributed by atoms with van der Waals surface area (Å²) in [7, 11) is 1.57. The first-order valence-electron chi connectivity index (χ1n) is 9.75. The number of hydrogen-bond acceptors (Lipinski definition) is 8. The summed E-state index contributed by atoms with van der Waals surface area (Å²) in [5.41, 5.74) is 0.360. The summed E-state index contributed by atoms with van der Waals surface area (Å²) in [6.07, 6.45) is 0.510. The number of nitrogens with one attached hydrogen (secondary N) is 1. The van der Waals surface area contributed by atoms with E-state index in [2.05, 4.69) is 20.1 Å². The smallest absolute Gasteiger partial charge is 0.258 e. The highest BCUT2D eigenvalue weighted by Crippen LogP contribution is 2.21. The minimum Gasteiger partial charge on any atom is -0.383 e. The number of H-pyrrole nitrogens is 1. The summed E-state index contributed by atoms with van der Waals surface area (Å²) >= 11 is 1.52. The number of aromatic nitrogens is 4. The fraction of sp³-hybridized carbons (Fsp3) is 0.286. The number of carbonyl (C=O) groups is 1. The molecule has 1 N–H and O–H groups in total. The van der Waals surface area contributed by atoms with Gasteiger partial charge in [-0.1, -0.05) is 23.4 Å². The summed E-state index contributed by atoms with van der Waals surface area (Å²) in [6.45, 7) is 0.912. The van der Waals surface area contributed by atoms with Gasteiger partial charge in [-0.05, 0) is 23.6 Å². The Bertz CT molecular complexity index is 1220. The Morgan fingerprint density at radius 2 is 2.10 bits per heavy atom. The third-order valence-electron chi connectivity index (χ3n) is 4.68. The van der Waals surface area contributed by atoms with Crippen molar-refractivity contribution in [3.05, 3.63) is 63.8 Å². The summed E-state index contributed by atoms with van der Waals surface area (Å²) in [6, 6.07) is 10.9. The van der Waals surface area contributed by atoms with E-state index in [4.69, 9.17) is 9.26 Å². The highest BCUT2D eigenvalue weighted by Gasteiger charge is 2.18. The molecule has 31 heavy (non-hydrogen) atoms. The number of rotatable bonds is 9. The van der Waals surface area contributed by atoms with E-state index in [-0.39, 0.29) is 24.4 Å². The van der Waals surface area contributed by atoms with Crippen molar-refractivity contribution in [3.63, 3.8) is 0 Å². The standard InChI is InChI=1S/C21H21N5O4S/c1-29-11-10-26(13-17-22-15-6-3-2-5-14(15)21(28)23-17)19(27)9-8-18-24-20(25-30-18)16-7-4-12-31-16/h2-7,12H,8-11,13H2,1H3,(H,22,23,28). The maximum Gasteiger partial charge on any atom is 0.258 e. The van der Waals surface area contributed by atoms with E-state index in [0.717, 1.165) is 4.88 Å². The van der Waals surface area contributed by atoms with Gasteiger partial charge in [0, 0.05) is 26.5 Å². The van der Waals surface area contributed by atoms with Crippen LogP contribution in [0.4, 0.5) is 0 Å². The molecule has 3 aromatic heterocycles. The number of nitrogens with zero attached hydrogens (tertiary/aromatic N) is 4. The molecule has 0 aliphatic rings. The lowest BCUT2D eigenvalue weighted by Gasteiger charge is -2.21. The molecule has 0 bridgehead atoms. The normalized spacial score (nSPS) is 11.1. The van der Waals surface area contributed by atoms with Crippen molar-refractivity contribution < 1.29 is 14.1 Å². The predicted octanol–water partition coefficient (Wildman–Crippen LogP) is 2.64. The molecule has 4 aromatic rings. The van der Waals surface area contributed by atoms with E-state index in [1.54, 1.807) is 30.2 Å². The number of carbonyl (C=O) groups excluding carboxylic acids is 1. The van der Waals surface area contributed by atoms with E-state index in [1.165, 1.54) is 11.3 Å². The van der Waals surface area contributed by atoms with Crippen molar-refractivity contribution in [1.82, 2.24) is 25.0 Å². The van der Waals surface area contributed by atoms with Crippen LogP contribution in [0.25, 0.3) is 21.6 Å². The molecule has 0 aliphatic heterocycles. The Morgan fingerprint density at radius 3 is 2.90 bits per heavy atom. The van der Waals surface area contributed by atoms with Crippen molar-refractivity contribution in [1.29, 1.82) is 0 Å². The average molecular weight is 439 g/mol. The molecule has 0 unspecified atom stereocenters.